The first kappa shape index (κ1) is 27.7. The van der Waals surface area contributed by atoms with Gasteiger partial charge < -0.3 is 4.74 Å². The molecule has 2 nitrogen and oxygen atoms in total. The van der Waals surface area contributed by atoms with Gasteiger partial charge in [-0.25, -0.2) is 0 Å². The van der Waals surface area contributed by atoms with Gasteiger partial charge in [-0.3, -0.25) is 0 Å². The number of hydrogen-bond donors (Lipinski definition) is 0. The number of allylic oxidation sites excluding steroid dienone is 4. The second kappa shape index (κ2) is 16.8. The second-order valence-corrected chi connectivity index (χ2v) is 11.1. The predicted octanol–water partition coefficient (Wildman–Crippen LogP) is 9.46. The molecule has 0 spiro atoms. The summed E-state index contributed by atoms with van der Waals surface area (Å²) in [6.45, 7) is 3.26. The molecule has 0 bridgehead atoms. The predicted molar refractivity (Wildman–Crippen MR) is 148 cm³/mol. The largest absolute Gasteiger partial charge is 0.378 e. The van der Waals surface area contributed by atoms with E-state index in [-0.39, 0.29) is 0 Å². The van der Waals surface area contributed by atoms with Crippen LogP contribution in [0.15, 0.2) is 48.6 Å². The minimum Gasteiger partial charge on any atom is -0.378 e. The Kier molecular flexibility index (Phi) is 13.3. The molecule has 2 aliphatic rings. The topological polar surface area (TPSA) is 33.0 Å². The number of nitrogens with zero attached hydrogens (tertiary/aromatic N) is 1. The Morgan fingerprint density at radius 1 is 0.857 bits per heavy atom. The van der Waals surface area contributed by atoms with Crippen LogP contribution in [-0.4, -0.2) is 12.7 Å². The van der Waals surface area contributed by atoms with Gasteiger partial charge in [0.15, 0.2) is 0 Å². The average molecular weight is 476 g/mol. The maximum atomic E-state index is 8.50. The van der Waals surface area contributed by atoms with Crippen molar-refractivity contribution in [2.24, 2.45) is 11.8 Å². The fourth-order valence-corrected chi connectivity index (χ4v) is 6.02. The molecule has 2 fully saturated rings. The van der Waals surface area contributed by atoms with Crippen molar-refractivity contribution >= 4 is 0 Å². The highest BCUT2D eigenvalue weighted by molar-refractivity contribution is 5.26. The summed E-state index contributed by atoms with van der Waals surface area (Å²) in [4.78, 5) is 0. The molecule has 0 heterocycles. The summed E-state index contributed by atoms with van der Waals surface area (Å²) in [5, 5.41) is 8.50. The fraction of sp³-hybridized carbons (Fsp3) is 0.667. The van der Waals surface area contributed by atoms with Gasteiger partial charge in [0.05, 0.1) is 12.2 Å². The summed E-state index contributed by atoms with van der Waals surface area (Å²) < 4.78 is 6.41. The lowest BCUT2D eigenvalue weighted by molar-refractivity contribution is -0.00824. The van der Waals surface area contributed by atoms with Crippen LogP contribution in [0.4, 0.5) is 0 Å². The summed E-state index contributed by atoms with van der Waals surface area (Å²) in [6, 6.07) is 11.6. The van der Waals surface area contributed by atoms with Crippen molar-refractivity contribution in [3.63, 3.8) is 0 Å². The Labute approximate surface area is 215 Å². The maximum absolute atomic E-state index is 8.50. The molecule has 0 saturated heterocycles. The van der Waals surface area contributed by atoms with Crippen molar-refractivity contribution in [3.8, 4) is 6.07 Å². The first-order valence-corrected chi connectivity index (χ1v) is 14.7. The maximum Gasteiger partial charge on any atom is 0.0912 e. The van der Waals surface area contributed by atoms with E-state index in [1.807, 2.05) is 18.2 Å². The molecule has 2 heteroatoms. The molecule has 2 saturated carbocycles. The molecule has 0 unspecified atom stereocenters. The molecular weight excluding hydrogens is 426 g/mol. The molecule has 2 aliphatic carbocycles. The molecule has 0 amide bonds. The quantitative estimate of drug-likeness (QED) is 0.152. The van der Waals surface area contributed by atoms with Crippen molar-refractivity contribution < 1.29 is 4.74 Å². The van der Waals surface area contributed by atoms with E-state index in [2.05, 4.69) is 37.3 Å². The minimum atomic E-state index is 0.493. The zero-order chi connectivity index (χ0) is 24.6. The van der Waals surface area contributed by atoms with E-state index < -0.39 is 0 Å². The first-order valence-electron chi connectivity index (χ1n) is 14.7. The average Bonchev–Trinajstić information content (AvgIpc) is 2.91. The van der Waals surface area contributed by atoms with Crippen LogP contribution in [0.2, 0.25) is 0 Å². The third-order valence-electron chi connectivity index (χ3n) is 8.39. The highest BCUT2D eigenvalue weighted by atomic mass is 16.5. The van der Waals surface area contributed by atoms with E-state index in [0.717, 1.165) is 30.8 Å². The number of hydrogen-bond acceptors (Lipinski definition) is 2. The summed E-state index contributed by atoms with van der Waals surface area (Å²) in [6.07, 6.45) is 28.9. The van der Waals surface area contributed by atoms with Gasteiger partial charge in [-0.1, -0.05) is 75.1 Å². The molecule has 192 valence electrons. The fourth-order valence-electron chi connectivity index (χ4n) is 6.02. The van der Waals surface area contributed by atoms with Crippen LogP contribution >= 0.6 is 0 Å². The van der Waals surface area contributed by atoms with E-state index >= 15 is 0 Å². The van der Waals surface area contributed by atoms with Crippen LogP contribution in [-0.2, 0) is 11.2 Å². The summed E-state index contributed by atoms with van der Waals surface area (Å²) in [7, 11) is 0. The van der Waals surface area contributed by atoms with Gasteiger partial charge in [0, 0.05) is 12.7 Å². The lowest BCUT2D eigenvalue weighted by atomic mass is 9.78. The van der Waals surface area contributed by atoms with Crippen molar-refractivity contribution in [1.82, 2.24) is 0 Å². The molecule has 1 aromatic rings. The van der Waals surface area contributed by atoms with E-state index in [9.17, 15) is 0 Å². The monoisotopic (exact) mass is 475 g/mol. The van der Waals surface area contributed by atoms with Crippen LogP contribution in [0.5, 0.6) is 0 Å². The standard InChI is InChI=1S/C33H49NO/c1-2-3-4-6-9-12-28-14-20-31(21-15-28)32-22-16-30(17-23-32)27-35-33-24-18-29(19-25-33)13-10-7-5-8-11-26-34/h5,7-8,11,14-15,20-21,29-30,32-33H,2-4,6,9-10,12-13,16-19,22-25,27H2,1H3/b7-5+,11-8+. The summed E-state index contributed by atoms with van der Waals surface area (Å²) in [5.41, 5.74) is 3.08. The van der Waals surface area contributed by atoms with Gasteiger partial charge in [0.1, 0.15) is 0 Å². The third-order valence-corrected chi connectivity index (χ3v) is 8.39. The lowest BCUT2D eigenvalue weighted by Gasteiger charge is -2.32. The molecule has 0 aromatic heterocycles. The molecule has 35 heavy (non-hydrogen) atoms. The van der Waals surface area contributed by atoms with Gasteiger partial charge in [0.25, 0.3) is 0 Å². The van der Waals surface area contributed by atoms with Crippen LogP contribution in [0, 0.1) is 23.2 Å². The van der Waals surface area contributed by atoms with Crippen molar-refractivity contribution in [1.29, 1.82) is 5.26 Å². The Morgan fingerprint density at radius 2 is 1.57 bits per heavy atom. The van der Waals surface area contributed by atoms with Crippen LogP contribution in [0.3, 0.4) is 0 Å². The van der Waals surface area contributed by atoms with Gasteiger partial charge in [-0.2, -0.15) is 5.26 Å². The second-order valence-electron chi connectivity index (χ2n) is 11.1. The van der Waals surface area contributed by atoms with Crippen LogP contribution in [0.1, 0.15) is 120 Å². The Balaban J connectivity index is 1.26. The Hall–Kier alpha value is -1.85. The SMILES string of the molecule is CCCCCCCc1ccc(C2CCC(COC3CCC(CC/C=C/C=C/C#N)CC3)CC2)cc1. The lowest BCUT2D eigenvalue weighted by Crippen LogP contribution is -2.25. The molecule has 0 atom stereocenters. The number of unbranched alkanes of at least 4 members (excludes halogenated alkanes) is 4. The number of benzene rings is 1. The van der Waals surface area contributed by atoms with Crippen molar-refractivity contribution in [3.05, 3.63) is 59.7 Å². The molecular formula is C33H49NO. The first-order chi connectivity index (χ1) is 17.3. The molecule has 1 aromatic carbocycles. The van der Waals surface area contributed by atoms with E-state index in [1.165, 1.54) is 108 Å². The number of aryl methyl sites for hydroxylation is 1. The van der Waals surface area contributed by atoms with Gasteiger partial charge >= 0.3 is 0 Å². The zero-order valence-electron chi connectivity index (χ0n) is 22.3. The highest BCUT2D eigenvalue weighted by Gasteiger charge is 2.25. The smallest absolute Gasteiger partial charge is 0.0912 e. The van der Waals surface area contributed by atoms with Gasteiger partial charge in [-0.15, -0.1) is 0 Å². The number of rotatable bonds is 14. The molecule has 3 rings (SSSR count). The number of ether oxygens (including phenoxy) is 1. The summed E-state index contributed by atoms with van der Waals surface area (Å²) >= 11 is 0. The van der Waals surface area contributed by atoms with Gasteiger partial charge in [-0.05, 0) is 106 Å². The van der Waals surface area contributed by atoms with Gasteiger partial charge in [0.2, 0.25) is 0 Å². The Morgan fingerprint density at radius 3 is 2.29 bits per heavy atom. The molecule has 0 aliphatic heterocycles. The van der Waals surface area contributed by atoms with Crippen LogP contribution in [0.25, 0.3) is 0 Å². The normalized spacial score (nSPS) is 25.3. The highest BCUT2D eigenvalue weighted by Crippen LogP contribution is 2.37. The zero-order valence-corrected chi connectivity index (χ0v) is 22.3. The minimum absolute atomic E-state index is 0.493. The van der Waals surface area contributed by atoms with E-state index in [0.29, 0.717) is 6.10 Å². The third kappa shape index (κ3) is 10.7. The van der Waals surface area contributed by atoms with Crippen LogP contribution < -0.4 is 0 Å². The number of nitriles is 1. The summed E-state index contributed by atoms with van der Waals surface area (Å²) in [5.74, 6) is 2.37. The molecule has 0 radical (unpaired) electrons. The molecule has 0 N–H and O–H groups in total. The van der Waals surface area contributed by atoms with Crippen molar-refractivity contribution in [2.75, 3.05) is 6.61 Å². The van der Waals surface area contributed by atoms with E-state index in [1.54, 1.807) is 5.56 Å². The Bertz CT molecular complexity index is 770. The van der Waals surface area contributed by atoms with E-state index in [4.69, 9.17) is 10.00 Å². The van der Waals surface area contributed by atoms with Crippen molar-refractivity contribution in [2.45, 2.75) is 122 Å².